The Bertz CT molecular complexity index is 2120. The third-order valence-electron chi connectivity index (χ3n) is 10.5. The Hall–Kier alpha value is -5.96. The number of rotatable bonds is 14. The van der Waals surface area contributed by atoms with E-state index in [4.69, 9.17) is 30.4 Å². The molecule has 6 N–H and O–H groups in total. The van der Waals surface area contributed by atoms with Crippen molar-refractivity contribution in [3.63, 3.8) is 0 Å². The van der Waals surface area contributed by atoms with E-state index in [-0.39, 0.29) is 24.3 Å². The smallest absolute Gasteiger partial charge is 0.377 e. The maximum atomic E-state index is 14.2. The highest BCUT2D eigenvalue weighted by atomic mass is 16.6. The highest BCUT2D eigenvalue weighted by molar-refractivity contribution is 6.36. The second-order valence-corrected chi connectivity index (χ2v) is 16.2. The number of Topliss-reactive ketones (excluding diaryl/α,β-unsaturated/α-hetero) is 1. The zero-order chi connectivity index (χ0) is 41.9. The first kappa shape index (κ1) is 41.7. The summed E-state index contributed by atoms with van der Waals surface area (Å²) in [5, 5.41) is 5.85. The number of nitrogens with zero attached hydrogens (tertiary/aromatic N) is 2. The molecule has 3 aliphatic heterocycles. The summed E-state index contributed by atoms with van der Waals surface area (Å²) >= 11 is 0. The summed E-state index contributed by atoms with van der Waals surface area (Å²) in [5.41, 5.74) is 11.7. The average Bonchev–Trinajstić information content (AvgIpc) is 3.76. The van der Waals surface area contributed by atoms with Crippen LogP contribution in [-0.2, 0) is 34.3 Å². The van der Waals surface area contributed by atoms with Crippen molar-refractivity contribution in [2.45, 2.75) is 83.6 Å². The van der Waals surface area contributed by atoms with Gasteiger partial charge in [0.1, 0.15) is 28.9 Å². The van der Waals surface area contributed by atoms with Gasteiger partial charge in [-0.05, 0) is 89.2 Å². The monoisotopic (exact) mass is 796 g/mol. The Morgan fingerprint density at radius 3 is 2.40 bits per heavy atom. The number of methoxy groups -OCH3 is 1. The molecule has 3 aliphatic rings. The number of hydrogen-bond acceptors (Lipinski definition) is 11. The molecule has 4 atom stereocenters. The molecule has 1 spiro atoms. The minimum atomic E-state index is -1.29. The van der Waals surface area contributed by atoms with Gasteiger partial charge in [-0.25, -0.2) is 9.59 Å². The van der Waals surface area contributed by atoms with Crippen LogP contribution in [0.1, 0.15) is 87.4 Å². The van der Waals surface area contributed by atoms with Crippen LogP contribution < -0.4 is 31.6 Å². The van der Waals surface area contributed by atoms with Gasteiger partial charge in [0.15, 0.2) is 11.6 Å². The number of aliphatic imine (C=N–C) groups is 1. The summed E-state index contributed by atoms with van der Waals surface area (Å²) in [5.74, 6) is -2.68. The molecule has 3 heterocycles. The number of guanidine groups is 1. The molecule has 6 rings (SSSR count). The van der Waals surface area contributed by atoms with E-state index in [1.807, 2.05) is 23.1 Å². The lowest BCUT2D eigenvalue weighted by atomic mass is 9.77. The number of ketones is 1. The molecule has 0 bridgehead atoms. The number of nitrogens with one attached hydrogen (secondary N) is 2. The zero-order valence-electron chi connectivity index (χ0n) is 33.8. The van der Waals surface area contributed by atoms with Crippen LogP contribution >= 0.6 is 0 Å². The second kappa shape index (κ2) is 16.9. The molecule has 0 aromatic heterocycles. The van der Waals surface area contributed by atoms with Gasteiger partial charge < -0.3 is 41.0 Å². The van der Waals surface area contributed by atoms with Crippen LogP contribution in [-0.4, -0.2) is 84.8 Å². The summed E-state index contributed by atoms with van der Waals surface area (Å²) in [6.07, 6.45) is 2.07. The van der Waals surface area contributed by atoms with Crippen molar-refractivity contribution in [1.29, 1.82) is 0 Å². The molecule has 3 aromatic rings. The molecule has 308 valence electrons. The fourth-order valence-electron chi connectivity index (χ4n) is 7.82. The minimum Gasteiger partial charge on any atom is -0.497 e. The lowest BCUT2D eigenvalue weighted by Crippen LogP contribution is -2.54. The van der Waals surface area contributed by atoms with Gasteiger partial charge in [-0.15, -0.1) is 0 Å². The van der Waals surface area contributed by atoms with Gasteiger partial charge in [-0.3, -0.25) is 24.3 Å². The number of fused-ring (bicyclic) bond motifs is 6. The Labute approximate surface area is 337 Å². The highest BCUT2D eigenvalue weighted by Gasteiger charge is 2.53. The number of anilines is 1. The molecule has 15 nitrogen and oxygen atoms in total. The molecule has 0 aliphatic carbocycles. The number of carbonyl (C=O) groups is 5. The molecular weight excluding hydrogens is 745 g/mol. The number of likely N-dealkylation sites (tertiary alicyclic amines) is 1. The molecule has 1 saturated heterocycles. The molecular formula is C43H52N6O9. The number of hydrogen-bond donors (Lipinski definition) is 4. The third kappa shape index (κ3) is 8.64. The SMILES string of the molecule is COc1ccc2c(c1)Oc1cc(NC(=O)C(CCCN=C(N)N)CN3CCC[C@H]3C(=O)N[C@H](C(=O)C(=O)OC(C)(C)C)C(C)C)ccc1C21OC(=O)c2ccccc21. The first-order chi connectivity index (χ1) is 27.5. The molecule has 2 unspecified atom stereocenters. The number of amides is 2. The van der Waals surface area contributed by atoms with Crippen molar-refractivity contribution in [3.8, 4) is 17.2 Å². The van der Waals surface area contributed by atoms with E-state index in [1.54, 1.807) is 84.2 Å². The Kier molecular flexibility index (Phi) is 12.1. The normalized spacial score (nSPS) is 19.2. The van der Waals surface area contributed by atoms with Crippen LogP contribution in [0.3, 0.4) is 0 Å². The number of benzene rings is 3. The van der Waals surface area contributed by atoms with Gasteiger partial charge in [0.05, 0.1) is 24.6 Å². The molecule has 3 aromatic carbocycles. The Morgan fingerprint density at radius 1 is 1.00 bits per heavy atom. The largest absolute Gasteiger partial charge is 0.497 e. The topological polar surface area (TPSA) is 214 Å². The summed E-state index contributed by atoms with van der Waals surface area (Å²) in [6, 6.07) is 16.1. The molecule has 2 amide bonds. The van der Waals surface area contributed by atoms with Crippen molar-refractivity contribution in [2.24, 2.45) is 28.3 Å². The van der Waals surface area contributed by atoms with Crippen LogP contribution in [0.4, 0.5) is 5.69 Å². The van der Waals surface area contributed by atoms with Gasteiger partial charge in [-0.2, -0.15) is 0 Å². The molecule has 0 radical (unpaired) electrons. The summed E-state index contributed by atoms with van der Waals surface area (Å²) in [7, 11) is 1.55. The summed E-state index contributed by atoms with van der Waals surface area (Å²) in [4.78, 5) is 73.1. The molecule has 0 saturated carbocycles. The number of ether oxygens (including phenoxy) is 4. The Morgan fingerprint density at radius 2 is 1.71 bits per heavy atom. The predicted molar refractivity (Wildman–Crippen MR) is 215 cm³/mol. The summed E-state index contributed by atoms with van der Waals surface area (Å²) < 4.78 is 23.4. The summed E-state index contributed by atoms with van der Waals surface area (Å²) in [6.45, 7) is 9.56. The van der Waals surface area contributed by atoms with E-state index >= 15 is 0 Å². The van der Waals surface area contributed by atoms with Gasteiger partial charge in [-0.1, -0.05) is 32.0 Å². The zero-order valence-corrected chi connectivity index (χ0v) is 33.8. The fourth-order valence-corrected chi connectivity index (χ4v) is 7.82. The maximum absolute atomic E-state index is 14.2. The van der Waals surface area contributed by atoms with Crippen LogP contribution in [0.2, 0.25) is 0 Å². The third-order valence-corrected chi connectivity index (χ3v) is 10.5. The van der Waals surface area contributed by atoms with E-state index in [1.165, 1.54) is 0 Å². The first-order valence-electron chi connectivity index (χ1n) is 19.5. The first-order valence-corrected chi connectivity index (χ1v) is 19.5. The van der Waals surface area contributed by atoms with E-state index in [9.17, 15) is 24.0 Å². The molecule has 1 fully saturated rings. The molecule has 58 heavy (non-hydrogen) atoms. The number of esters is 2. The van der Waals surface area contributed by atoms with Crippen molar-refractivity contribution >= 4 is 41.2 Å². The van der Waals surface area contributed by atoms with Gasteiger partial charge >= 0.3 is 11.9 Å². The lowest BCUT2D eigenvalue weighted by Gasteiger charge is -2.36. The van der Waals surface area contributed by atoms with Crippen molar-refractivity contribution in [3.05, 3.63) is 82.9 Å². The van der Waals surface area contributed by atoms with Crippen molar-refractivity contribution in [2.75, 3.05) is 32.1 Å². The minimum absolute atomic E-state index is 0.0560. The highest BCUT2D eigenvalue weighted by Crippen LogP contribution is 2.57. The van der Waals surface area contributed by atoms with E-state index in [2.05, 4.69) is 15.6 Å². The van der Waals surface area contributed by atoms with E-state index in [0.29, 0.717) is 84.0 Å². The van der Waals surface area contributed by atoms with Crippen LogP contribution in [0.25, 0.3) is 0 Å². The number of carbonyl (C=O) groups excluding carboxylic acids is 5. The van der Waals surface area contributed by atoms with Crippen molar-refractivity contribution in [1.82, 2.24) is 10.2 Å². The average molecular weight is 797 g/mol. The predicted octanol–water partition coefficient (Wildman–Crippen LogP) is 4.39. The van der Waals surface area contributed by atoms with Gasteiger partial charge in [0.25, 0.3) is 5.78 Å². The van der Waals surface area contributed by atoms with Crippen LogP contribution in [0.15, 0.2) is 65.7 Å². The van der Waals surface area contributed by atoms with Crippen LogP contribution in [0, 0.1) is 11.8 Å². The Balaban J connectivity index is 1.24. The quantitative estimate of drug-likeness (QED) is 0.0588. The van der Waals surface area contributed by atoms with Crippen molar-refractivity contribution < 1.29 is 42.9 Å². The van der Waals surface area contributed by atoms with Crippen LogP contribution in [0.5, 0.6) is 17.2 Å². The second-order valence-electron chi connectivity index (χ2n) is 16.2. The number of nitrogens with two attached hydrogens (primary N) is 2. The molecule has 15 heteroatoms. The van der Waals surface area contributed by atoms with Gasteiger partial charge in [0, 0.05) is 47.6 Å². The van der Waals surface area contributed by atoms with E-state index < -0.39 is 52.8 Å². The lowest BCUT2D eigenvalue weighted by molar-refractivity contribution is -0.164. The van der Waals surface area contributed by atoms with Gasteiger partial charge in [0.2, 0.25) is 11.8 Å². The standard InChI is InChI=1S/C43H52N6O9/c1-24(2)35(36(50)40(54)57-42(3,4)5)48-38(52)32-14-10-20-49(32)23-25(11-9-19-46-41(44)45)37(51)47-26-15-17-30-33(21-26)56-34-22-27(55-6)16-18-31(34)43(30)29-13-8-7-12-28(29)39(53)58-43/h7-8,12-13,15-18,21-22,24-25,32,35H,9-11,14,19-20,23H2,1-6H3,(H,47,51)(H,48,52)(H4,44,45,46)/t25?,32-,35-,43?/m0/s1. The maximum Gasteiger partial charge on any atom is 0.377 e. The van der Waals surface area contributed by atoms with E-state index in [0.717, 1.165) is 0 Å². The fraction of sp³-hybridized carbons (Fsp3) is 0.442.